The van der Waals surface area contributed by atoms with Crippen molar-refractivity contribution < 1.29 is 41.0 Å². The van der Waals surface area contributed by atoms with Crippen LogP contribution < -0.4 is 25.4 Å². The van der Waals surface area contributed by atoms with Crippen molar-refractivity contribution in [2.75, 3.05) is 37.7 Å². The Morgan fingerprint density at radius 2 is 1.78 bits per heavy atom. The highest BCUT2D eigenvalue weighted by molar-refractivity contribution is 5.94. The smallest absolute Gasteiger partial charge is 0.387 e. The molecule has 49 heavy (non-hydrogen) atoms. The number of nitrogens with one attached hydrogen (secondary N) is 1. The fraction of sp³-hybridized carbons (Fsp3) is 0.364. The van der Waals surface area contributed by atoms with E-state index in [4.69, 9.17) is 14.9 Å². The van der Waals surface area contributed by atoms with Gasteiger partial charge in [-0.05, 0) is 50.1 Å². The number of hydrogen-bond donors (Lipinski definition) is 2. The van der Waals surface area contributed by atoms with E-state index in [9.17, 15) is 27.2 Å². The molecule has 2 aromatic heterocycles. The fourth-order valence-electron chi connectivity index (χ4n) is 5.13. The number of hydrogen-bond acceptors (Lipinski definition) is 10. The van der Waals surface area contributed by atoms with Crippen LogP contribution in [0.25, 0.3) is 11.5 Å². The maximum atomic E-state index is 14.1. The zero-order valence-electron chi connectivity index (χ0n) is 26.6. The number of carbonyl (C=O) groups is 2. The number of ether oxygens (including phenoxy) is 2. The van der Waals surface area contributed by atoms with E-state index >= 15 is 0 Å². The molecule has 0 spiro atoms. The highest BCUT2D eigenvalue weighted by Gasteiger charge is 2.25. The lowest BCUT2D eigenvalue weighted by Gasteiger charge is -2.34. The lowest BCUT2D eigenvalue weighted by Crippen LogP contribution is -2.49. The van der Waals surface area contributed by atoms with Gasteiger partial charge in [0.15, 0.2) is 23.0 Å². The van der Waals surface area contributed by atoms with E-state index in [1.807, 2.05) is 4.90 Å². The van der Waals surface area contributed by atoms with Crippen LogP contribution in [-0.4, -0.2) is 71.1 Å². The molecule has 3 N–H and O–H groups in total. The average Bonchev–Trinajstić information content (AvgIpc) is 3.55. The molecular formula is C33H35F4N7O5. The van der Waals surface area contributed by atoms with Gasteiger partial charge < -0.3 is 34.7 Å². The molecule has 16 heteroatoms. The number of amides is 2. The minimum atomic E-state index is -3.12. The van der Waals surface area contributed by atoms with Gasteiger partial charge in [-0.25, -0.2) is 23.7 Å². The lowest BCUT2D eigenvalue weighted by atomic mass is 10.2. The van der Waals surface area contributed by atoms with Crippen LogP contribution >= 0.6 is 0 Å². The summed E-state index contributed by atoms with van der Waals surface area (Å²) in [6, 6.07) is 7.99. The molecule has 0 saturated carbocycles. The number of rotatable bonds is 14. The molecule has 12 nitrogen and oxygen atoms in total. The molecule has 3 heterocycles. The number of aromatic nitrogens is 3. The second kappa shape index (κ2) is 16.2. The summed E-state index contributed by atoms with van der Waals surface area (Å²) in [4.78, 5) is 42.3. The monoisotopic (exact) mass is 685 g/mol. The molecule has 0 bridgehead atoms. The minimum absolute atomic E-state index is 0.00817. The van der Waals surface area contributed by atoms with Crippen molar-refractivity contribution >= 4 is 17.8 Å². The van der Waals surface area contributed by atoms with Gasteiger partial charge in [-0.3, -0.25) is 9.59 Å². The van der Waals surface area contributed by atoms with Gasteiger partial charge in [0, 0.05) is 68.7 Å². The Labute approximate surface area is 279 Å². The van der Waals surface area contributed by atoms with E-state index in [2.05, 4.69) is 25.0 Å². The Hall–Kier alpha value is -5.25. The van der Waals surface area contributed by atoms with Crippen LogP contribution in [0.1, 0.15) is 54.0 Å². The van der Waals surface area contributed by atoms with Gasteiger partial charge in [0.1, 0.15) is 11.6 Å². The first-order chi connectivity index (χ1) is 23.6. The summed E-state index contributed by atoms with van der Waals surface area (Å²) < 4.78 is 69.8. The predicted molar refractivity (Wildman–Crippen MR) is 169 cm³/mol. The topological polar surface area (TPSA) is 149 Å². The summed E-state index contributed by atoms with van der Waals surface area (Å²) in [5.41, 5.74) is 6.18. The van der Waals surface area contributed by atoms with Crippen LogP contribution in [0.2, 0.25) is 0 Å². The molecule has 1 aliphatic heterocycles. The van der Waals surface area contributed by atoms with Gasteiger partial charge in [-0.1, -0.05) is 6.07 Å². The number of unbranched alkanes of at least 4 members (excludes halogenated alkanes) is 1. The van der Waals surface area contributed by atoms with Crippen LogP contribution in [-0.2, 0) is 11.3 Å². The van der Waals surface area contributed by atoms with Crippen molar-refractivity contribution in [2.45, 2.75) is 45.4 Å². The quantitative estimate of drug-likeness (QED) is 0.139. The molecule has 0 radical (unpaired) electrons. The van der Waals surface area contributed by atoms with E-state index in [-0.39, 0.29) is 59.0 Å². The summed E-state index contributed by atoms with van der Waals surface area (Å²) in [5, 5.41) is 2.51. The molecule has 5 rings (SSSR count). The SMILES string of the molecule is CC(N)c1oc(-c2ccc(OC(F)F)c(OCCCCC(=O)N3CCN(c4ncccn4)CC3)c2)nc1C(=O)NCc1ccc(F)cc1F. The predicted octanol–water partition coefficient (Wildman–Crippen LogP) is 4.86. The Morgan fingerprint density at radius 1 is 1.02 bits per heavy atom. The van der Waals surface area contributed by atoms with Crippen molar-refractivity contribution in [1.29, 1.82) is 0 Å². The van der Waals surface area contributed by atoms with Crippen LogP contribution in [0.4, 0.5) is 23.5 Å². The van der Waals surface area contributed by atoms with Crippen LogP contribution in [0, 0.1) is 11.6 Å². The Morgan fingerprint density at radius 3 is 2.47 bits per heavy atom. The summed E-state index contributed by atoms with van der Waals surface area (Å²) >= 11 is 0. The van der Waals surface area contributed by atoms with Gasteiger partial charge in [0.05, 0.1) is 12.6 Å². The first-order valence-corrected chi connectivity index (χ1v) is 15.6. The number of halogens is 4. The number of alkyl halides is 2. The maximum Gasteiger partial charge on any atom is 0.387 e. The molecule has 0 aliphatic carbocycles. The molecule has 2 amide bonds. The Bertz CT molecular complexity index is 1730. The second-order valence-electron chi connectivity index (χ2n) is 11.2. The number of nitrogens with zero attached hydrogens (tertiary/aromatic N) is 5. The highest BCUT2D eigenvalue weighted by Crippen LogP contribution is 2.35. The molecule has 1 aliphatic rings. The van der Waals surface area contributed by atoms with Gasteiger partial charge in [0.2, 0.25) is 17.7 Å². The Balaban J connectivity index is 1.18. The maximum absolute atomic E-state index is 14.1. The fourth-order valence-corrected chi connectivity index (χ4v) is 5.13. The summed E-state index contributed by atoms with van der Waals surface area (Å²) in [7, 11) is 0. The average molecular weight is 686 g/mol. The zero-order chi connectivity index (χ0) is 34.9. The normalized spacial score (nSPS) is 13.8. The molecule has 4 aromatic rings. The third kappa shape index (κ3) is 9.22. The third-order valence-electron chi connectivity index (χ3n) is 7.65. The largest absolute Gasteiger partial charge is 0.490 e. The lowest BCUT2D eigenvalue weighted by molar-refractivity contribution is -0.131. The number of nitrogens with two attached hydrogens (primary N) is 1. The first kappa shape index (κ1) is 35.1. The number of piperazine rings is 1. The molecule has 2 aromatic carbocycles. The van der Waals surface area contributed by atoms with Crippen LogP contribution in [0.3, 0.4) is 0 Å². The Kier molecular flexibility index (Phi) is 11.6. The van der Waals surface area contributed by atoms with Crippen molar-refractivity contribution in [3.63, 3.8) is 0 Å². The molecule has 1 saturated heterocycles. The summed E-state index contributed by atoms with van der Waals surface area (Å²) in [6.07, 6.45) is 4.60. The van der Waals surface area contributed by atoms with E-state index in [1.165, 1.54) is 24.3 Å². The zero-order valence-corrected chi connectivity index (χ0v) is 26.6. The van der Waals surface area contributed by atoms with Crippen molar-refractivity contribution in [2.24, 2.45) is 5.73 Å². The van der Waals surface area contributed by atoms with Gasteiger partial charge >= 0.3 is 6.61 Å². The van der Waals surface area contributed by atoms with Crippen LogP contribution in [0.5, 0.6) is 11.5 Å². The number of anilines is 1. The van der Waals surface area contributed by atoms with Gasteiger partial charge in [0.25, 0.3) is 5.91 Å². The first-order valence-electron chi connectivity index (χ1n) is 15.6. The summed E-state index contributed by atoms with van der Waals surface area (Å²) in [6.45, 7) is 0.647. The van der Waals surface area contributed by atoms with E-state index in [0.29, 0.717) is 57.5 Å². The third-order valence-corrected chi connectivity index (χ3v) is 7.65. The number of benzene rings is 2. The van der Waals surface area contributed by atoms with Crippen molar-refractivity contribution in [3.8, 4) is 23.0 Å². The number of oxazole rings is 1. The standard InChI is InChI=1S/C33H35F4N7O5/c1-20(38)29-28(30(46)41-19-22-6-8-23(34)18-24(22)35)42-31(49-29)21-7-9-25(48-32(36)37)26(17-21)47-16-3-2-5-27(45)43-12-14-44(15-13-43)33-39-10-4-11-40-33/h4,6-11,17-18,20,32H,2-3,5,12-16,19,38H2,1H3,(H,41,46). The molecular weight excluding hydrogens is 650 g/mol. The second-order valence-corrected chi connectivity index (χ2v) is 11.2. The van der Waals surface area contributed by atoms with E-state index in [1.54, 1.807) is 30.3 Å². The summed E-state index contributed by atoms with van der Waals surface area (Å²) in [5.74, 6) is -1.94. The van der Waals surface area contributed by atoms with E-state index < -0.39 is 30.2 Å². The molecule has 1 atom stereocenters. The van der Waals surface area contributed by atoms with E-state index in [0.717, 1.165) is 6.07 Å². The van der Waals surface area contributed by atoms with Crippen LogP contribution in [0.15, 0.2) is 59.3 Å². The van der Waals surface area contributed by atoms with Crippen molar-refractivity contribution in [1.82, 2.24) is 25.2 Å². The highest BCUT2D eigenvalue weighted by atomic mass is 19.3. The molecule has 1 unspecified atom stereocenters. The molecule has 260 valence electrons. The van der Waals surface area contributed by atoms with Gasteiger partial charge in [-0.2, -0.15) is 8.78 Å². The molecule has 1 fully saturated rings. The van der Waals surface area contributed by atoms with Crippen molar-refractivity contribution in [3.05, 3.63) is 83.5 Å². The minimum Gasteiger partial charge on any atom is -0.490 e. The van der Waals surface area contributed by atoms with Gasteiger partial charge in [-0.15, -0.1) is 0 Å². The number of carbonyl (C=O) groups excluding carboxylic acids is 2.